The van der Waals surface area contributed by atoms with Crippen molar-refractivity contribution in [1.29, 1.82) is 0 Å². The number of carbonyl (C=O) groups excluding carboxylic acids is 2. The fourth-order valence-corrected chi connectivity index (χ4v) is 3.95. The highest BCUT2D eigenvalue weighted by Crippen LogP contribution is 2.48. The van der Waals surface area contributed by atoms with Gasteiger partial charge in [0.15, 0.2) is 17.3 Å². The third kappa shape index (κ3) is 4.07. The number of anilines is 4. The van der Waals surface area contributed by atoms with Gasteiger partial charge in [-0.15, -0.1) is 0 Å². The van der Waals surface area contributed by atoms with E-state index in [-0.39, 0.29) is 11.8 Å². The number of nitrogens with one attached hydrogen (secondary N) is 3. The zero-order valence-electron chi connectivity index (χ0n) is 19.0. The van der Waals surface area contributed by atoms with E-state index in [0.29, 0.717) is 53.0 Å². The van der Waals surface area contributed by atoms with Crippen LogP contribution in [0.1, 0.15) is 12.8 Å². The van der Waals surface area contributed by atoms with Gasteiger partial charge in [-0.05, 0) is 61.4 Å². The van der Waals surface area contributed by atoms with Gasteiger partial charge in [0.1, 0.15) is 11.2 Å². The van der Waals surface area contributed by atoms with Crippen molar-refractivity contribution in [3.05, 3.63) is 85.3 Å². The quantitative estimate of drug-likeness (QED) is 0.277. The van der Waals surface area contributed by atoms with Crippen molar-refractivity contribution >= 4 is 34.7 Å². The summed E-state index contributed by atoms with van der Waals surface area (Å²) in [5.41, 5.74) is 0.889. The molecule has 1 aliphatic heterocycles. The first-order valence-corrected chi connectivity index (χ1v) is 11.4. The van der Waals surface area contributed by atoms with Crippen LogP contribution in [0.25, 0.3) is 0 Å². The molecule has 0 saturated heterocycles. The van der Waals surface area contributed by atoms with Crippen LogP contribution in [0.15, 0.2) is 85.3 Å². The fraction of sp³-hybridized carbons (Fsp3) is 0.111. The highest BCUT2D eigenvalue weighted by molar-refractivity contribution is 6.16. The van der Waals surface area contributed by atoms with Gasteiger partial charge in [0, 0.05) is 24.1 Å². The summed E-state index contributed by atoms with van der Waals surface area (Å²) in [4.78, 5) is 34.0. The Labute approximate surface area is 206 Å². The third-order valence-corrected chi connectivity index (χ3v) is 6.10. The van der Waals surface area contributed by atoms with Gasteiger partial charge >= 0.3 is 0 Å². The van der Waals surface area contributed by atoms with Crippen molar-refractivity contribution in [1.82, 2.24) is 9.97 Å². The SMILES string of the molecule is O=C(Nc1ccc(Oc2ccnc3c2Oc2ccccc2N3)cc1)C1(C(=O)Nc2cccnc2)CC1. The predicted molar refractivity (Wildman–Crippen MR) is 134 cm³/mol. The lowest BCUT2D eigenvalue weighted by atomic mass is 10.0. The van der Waals surface area contributed by atoms with Crippen molar-refractivity contribution in [2.75, 3.05) is 16.0 Å². The van der Waals surface area contributed by atoms with E-state index < -0.39 is 5.41 Å². The Morgan fingerprint density at radius 3 is 2.42 bits per heavy atom. The Kier molecular flexibility index (Phi) is 5.22. The molecule has 0 spiro atoms. The van der Waals surface area contributed by atoms with Crippen LogP contribution in [0, 0.1) is 5.41 Å². The number of rotatable bonds is 6. The van der Waals surface area contributed by atoms with Gasteiger partial charge in [-0.3, -0.25) is 14.6 Å². The molecule has 0 bridgehead atoms. The summed E-state index contributed by atoms with van der Waals surface area (Å²) in [6.45, 7) is 0. The molecule has 9 nitrogen and oxygen atoms in total. The standard InChI is InChI=1S/C27H21N5O4/c33-25(27(12-13-27)26(34)31-18-4-3-14-28-16-18)30-17-7-9-19(10-8-17)35-22-11-15-29-24-23(22)36-21-6-2-1-5-20(21)32-24/h1-11,14-16H,12-13H2,(H,29,32)(H,30,33)(H,31,34). The molecular formula is C27H21N5O4. The van der Waals surface area contributed by atoms with Gasteiger partial charge in [-0.2, -0.15) is 0 Å². The molecule has 2 amide bonds. The fourth-order valence-electron chi connectivity index (χ4n) is 3.95. The number of hydrogen-bond donors (Lipinski definition) is 3. The van der Waals surface area contributed by atoms with E-state index in [1.165, 1.54) is 0 Å². The summed E-state index contributed by atoms with van der Waals surface area (Å²) >= 11 is 0. The molecule has 0 unspecified atom stereocenters. The largest absolute Gasteiger partial charge is 0.453 e. The van der Waals surface area contributed by atoms with E-state index in [1.54, 1.807) is 61.1 Å². The lowest BCUT2D eigenvalue weighted by Gasteiger charge is -2.22. The van der Waals surface area contributed by atoms with Crippen LogP contribution in [0.3, 0.4) is 0 Å². The molecule has 3 N–H and O–H groups in total. The molecule has 3 heterocycles. The molecule has 178 valence electrons. The van der Waals surface area contributed by atoms with Crippen LogP contribution >= 0.6 is 0 Å². The number of pyridine rings is 2. The predicted octanol–water partition coefficient (Wildman–Crippen LogP) is 5.48. The molecule has 0 radical (unpaired) electrons. The zero-order chi connectivity index (χ0) is 24.5. The monoisotopic (exact) mass is 479 g/mol. The van der Waals surface area contributed by atoms with Crippen molar-refractivity contribution in [3.63, 3.8) is 0 Å². The molecule has 36 heavy (non-hydrogen) atoms. The van der Waals surface area contributed by atoms with Crippen LogP contribution < -0.4 is 25.4 Å². The number of hydrogen-bond acceptors (Lipinski definition) is 7. The number of benzene rings is 2. The number of amides is 2. The minimum absolute atomic E-state index is 0.328. The molecule has 9 heteroatoms. The number of aromatic nitrogens is 2. The first-order valence-electron chi connectivity index (χ1n) is 11.4. The summed E-state index contributed by atoms with van der Waals surface area (Å²) in [5, 5.41) is 8.86. The smallest absolute Gasteiger partial charge is 0.240 e. The van der Waals surface area contributed by atoms with E-state index in [1.807, 2.05) is 24.3 Å². The number of nitrogens with zero attached hydrogens (tertiary/aromatic N) is 2. The van der Waals surface area contributed by atoms with Gasteiger partial charge in [0.05, 0.1) is 17.6 Å². The van der Waals surface area contributed by atoms with Crippen molar-refractivity contribution in [2.45, 2.75) is 12.8 Å². The summed E-state index contributed by atoms with van der Waals surface area (Å²) in [6, 6.07) is 19.7. The molecule has 2 aromatic carbocycles. The van der Waals surface area contributed by atoms with Crippen LogP contribution in [-0.2, 0) is 9.59 Å². The summed E-state index contributed by atoms with van der Waals surface area (Å²) in [7, 11) is 0. The van der Waals surface area contributed by atoms with Crippen LogP contribution in [0.5, 0.6) is 23.0 Å². The Hall–Kier alpha value is -4.92. The maximum atomic E-state index is 12.9. The molecule has 4 aromatic rings. The highest BCUT2D eigenvalue weighted by atomic mass is 16.5. The average Bonchev–Trinajstić information content (AvgIpc) is 3.72. The van der Waals surface area contributed by atoms with Crippen molar-refractivity contribution in [3.8, 4) is 23.0 Å². The second kappa shape index (κ2) is 8.70. The molecule has 2 aromatic heterocycles. The van der Waals surface area contributed by atoms with E-state index in [2.05, 4.69) is 25.9 Å². The first kappa shape index (κ1) is 21.6. The van der Waals surface area contributed by atoms with E-state index in [9.17, 15) is 9.59 Å². The molecule has 1 saturated carbocycles. The highest BCUT2D eigenvalue weighted by Gasteiger charge is 2.56. The normalized spacial score (nSPS) is 14.2. The Bertz CT molecular complexity index is 1450. The Balaban J connectivity index is 1.12. The Morgan fingerprint density at radius 1 is 0.889 bits per heavy atom. The lowest BCUT2D eigenvalue weighted by Crippen LogP contribution is -2.35. The molecular weight excluding hydrogens is 458 g/mol. The average molecular weight is 479 g/mol. The number of carbonyl (C=O) groups is 2. The topological polar surface area (TPSA) is 114 Å². The molecule has 1 fully saturated rings. The van der Waals surface area contributed by atoms with Crippen LogP contribution in [-0.4, -0.2) is 21.8 Å². The number of fused-ring (bicyclic) bond motifs is 2. The van der Waals surface area contributed by atoms with Gasteiger partial charge in [-0.1, -0.05) is 12.1 Å². The zero-order valence-corrected chi connectivity index (χ0v) is 19.0. The molecule has 1 aliphatic carbocycles. The first-order chi connectivity index (χ1) is 17.6. The van der Waals surface area contributed by atoms with Gasteiger partial charge in [0.25, 0.3) is 0 Å². The van der Waals surface area contributed by atoms with Crippen molar-refractivity contribution < 1.29 is 19.1 Å². The van der Waals surface area contributed by atoms with Gasteiger partial charge in [-0.25, -0.2) is 4.98 Å². The maximum absolute atomic E-state index is 12.9. The molecule has 6 rings (SSSR count). The van der Waals surface area contributed by atoms with E-state index in [0.717, 1.165) is 5.69 Å². The second-order valence-corrected chi connectivity index (χ2v) is 8.57. The minimum Gasteiger partial charge on any atom is -0.453 e. The summed E-state index contributed by atoms with van der Waals surface area (Å²) in [6.07, 6.45) is 5.80. The second-order valence-electron chi connectivity index (χ2n) is 8.57. The van der Waals surface area contributed by atoms with Crippen LogP contribution in [0.4, 0.5) is 22.9 Å². The minimum atomic E-state index is -1.07. The summed E-state index contributed by atoms with van der Waals surface area (Å²) < 4.78 is 12.1. The van der Waals surface area contributed by atoms with Crippen molar-refractivity contribution in [2.24, 2.45) is 5.41 Å². The van der Waals surface area contributed by atoms with E-state index >= 15 is 0 Å². The van der Waals surface area contributed by atoms with Gasteiger partial charge in [0.2, 0.25) is 17.6 Å². The van der Waals surface area contributed by atoms with E-state index in [4.69, 9.17) is 9.47 Å². The van der Waals surface area contributed by atoms with Gasteiger partial charge < -0.3 is 25.4 Å². The maximum Gasteiger partial charge on any atom is 0.240 e. The summed E-state index contributed by atoms with van der Waals surface area (Å²) in [5.74, 6) is 2.13. The third-order valence-electron chi connectivity index (χ3n) is 6.10. The lowest BCUT2D eigenvalue weighted by molar-refractivity contribution is -0.131. The number of para-hydroxylation sites is 2. The molecule has 0 atom stereocenters. The molecule has 2 aliphatic rings. The van der Waals surface area contributed by atoms with Crippen LogP contribution in [0.2, 0.25) is 0 Å². The Morgan fingerprint density at radius 2 is 1.67 bits per heavy atom. The number of ether oxygens (including phenoxy) is 2.